The lowest BCUT2D eigenvalue weighted by Crippen LogP contribution is -2.18. The minimum atomic E-state index is -0.709. The third-order valence-electron chi connectivity index (χ3n) is 7.83. The van der Waals surface area contributed by atoms with Crippen molar-refractivity contribution in [2.24, 2.45) is 0 Å². The predicted octanol–water partition coefficient (Wildman–Crippen LogP) is 12.2. The van der Waals surface area contributed by atoms with Crippen LogP contribution < -0.4 is 0 Å². The van der Waals surface area contributed by atoms with Crippen molar-refractivity contribution in [1.82, 2.24) is 0 Å². The normalized spacial score (nSPS) is 12.6. The number of carboxylic acid groups (broad SMARTS) is 1. The van der Waals surface area contributed by atoms with E-state index in [2.05, 4.69) is 50.3 Å². The zero-order chi connectivity index (χ0) is 30.8. The van der Waals surface area contributed by atoms with Crippen LogP contribution >= 0.6 is 0 Å². The molecule has 0 rings (SSSR count). The van der Waals surface area contributed by atoms with Gasteiger partial charge < -0.3 is 9.84 Å². The minimum absolute atomic E-state index is 0.0112. The average Bonchev–Trinajstić information content (AvgIpc) is 2.97. The lowest BCUT2D eigenvalue weighted by molar-refractivity contribution is -0.150. The number of esters is 1. The van der Waals surface area contributed by atoms with Crippen molar-refractivity contribution in [1.29, 1.82) is 0 Å². The first-order valence-corrected chi connectivity index (χ1v) is 18.0. The summed E-state index contributed by atoms with van der Waals surface area (Å²) in [6.07, 6.45) is 42.9. The molecule has 1 unspecified atom stereocenters. The van der Waals surface area contributed by atoms with Crippen LogP contribution in [0.1, 0.15) is 187 Å². The Balaban J connectivity index is 4.15. The lowest BCUT2D eigenvalue weighted by Gasteiger charge is -2.18. The number of ether oxygens (including phenoxy) is 1. The summed E-state index contributed by atoms with van der Waals surface area (Å²) in [6.45, 7) is 4.49. The summed E-state index contributed by atoms with van der Waals surface area (Å²) in [5.74, 6) is -0.740. The number of aliphatic carboxylic acids is 1. The Morgan fingerprint density at radius 3 is 1.57 bits per heavy atom. The number of carboxylic acids is 1. The molecule has 0 aliphatic carbocycles. The van der Waals surface area contributed by atoms with E-state index in [9.17, 15) is 9.59 Å². The Morgan fingerprint density at radius 1 is 0.524 bits per heavy atom. The van der Waals surface area contributed by atoms with Gasteiger partial charge >= 0.3 is 11.9 Å². The second kappa shape index (κ2) is 33.7. The van der Waals surface area contributed by atoms with Crippen molar-refractivity contribution in [3.05, 3.63) is 36.5 Å². The van der Waals surface area contributed by atoms with Crippen LogP contribution in [-0.2, 0) is 14.3 Å². The van der Waals surface area contributed by atoms with E-state index in [-0.39, 0.29) is 18.5 Å². The van der Waals surface area contributed by atoms with Crippen molar-refractivity contribution in [2.75, 3.05) is 0 Å². The molecule has 0 amide bonds. The fourth-order valence-corrected chi connectivity index (χ4v) is 5.15. The standard InChI is InChI=1S/C38H68O4/c1-3-5-7-9-11-13-15-16-18-20-22-27-31-35-38(41)42-36(33-29-25-23-26-30-34-37(39)40)32-28-24-21-19-17-14-12-10-8-6-4-2/h12-15,19,21,36H,3-11,16-18,20,22-35H2,1-2H3,(H,39,40)/b14-12-,15-13-,21-19-. The topological polar surface area (TPSA) is 63.6 Å². The number of hydrogen-bond donors (Lipinski definition) is 1. The summed E-state index contributed by atoms with van der Waals surface area (Å²) >= 11 is 0. The van der Waals surface area contributed by atoms with E-state index in [1.54, 1.807) is 0 Å². The van der Waals surface area contributed by atoms with Crippen LogP contribution in [0.3, 0.4) is 0 Å². The number of rotatable bonds is 32. The monoisotopic (exact) mass is 589 g/mol. The van der Waals surface area contributed by atoms with Crippen molar-refractivity contribution in [2.45, 2.75) is 193 Å². The van der Waals surface area contributed by atoms with E-state index >= 15 is 0 Å². The van der Waals surface area contributed by atoms with E-state index in [1.807, 2.05) is 0 Å². The quantitative estimate of drug-likeness (QED) is 0.0482. The molecule has 0 radical (unpaired) electrons. The van der Waals surface area contributed by atoms with Crippen LogP contribution in [0, 0.1) is 0 Å². The van der Waals surface area contributed by atoms with E-state index in [4.69, 9.17) is 9.84 Å². The minimum Gasteiger partial charge on any atom is -0.481 e. The molecule has 0 saturated heterocycles. The zero-order valence-corrected chi connectivity index (χ0v) is 27.8. The second-order valence-corrected chi connectivity index (χ2v) is 12.0. The third-order valence-corrected chi connectivity index (χ3v) is 7.83. The summed E-state index contributed by atoms with van der Waals surface area (Å²) in [4.78, 5) is 23.3. The molecule has 0 aromatic carbocycles. The third kappa shape index (κ3) is 32.7. The van der Waals surface area contributed by atoms with E-state index in [0.717, 1.165) is 77.0 Å². The first kappa shape index (κ1) is 40.2. The van der Waals surface area contributed by atoms with Gasteiger partial charge in [-0.05, 0) is 89.9 Å². The summed E-state index contributed by atoms with van der Waals surface area (Å²) in [5, 5.41) is 8.79. The maximum atomic E-state index is 12.6. The van der Waals surface area contributed by atoms with Gasteiger partial charge in [-0.25, -0.2) is 0 Å². The second-order valence-electron chi connectivity index (χ2n) is 12.0. The molecule has 0 saturated carbocycles. The van der Waals surface area contributed by atoms with Gasteiger partial charge in [-0.2, -0.15) is 0 Å². The van der Waals surface area contributed by atoms with Crippen molar-refractivity contribution >= 4 is 11.9 Å². The van der Waals surface area contributed by atoms with Crippen LogP contribution in [0.5, 0.6) is 0 Å². The zero-order valence-electron chi connectivity index (χ0n) is 27.8. The van der Waals surface area contributed by atoms with Gasteiger partial charge in [0.1, 0.15) is 6.10 Å². The molecule has 4 heteroatoms. The molecule has 0 aromatic rings. The molecule has 1 atom stereocenters. The number of hydrogen-bond acceptors (Lipinski definition) is 3. The number of allylic oxidation sites excluding steroid dienone is 6. The first-order valence-electron chi connectivity index (χ1n) is 18.0. The van der Waals surface area contributed by atoms with E-state index < -0.39 is 5.97 Å². The van der Waals surface area contributed by atoms with E-state index in [0.29, 0.717) is 6.42 Å². The van der Waals surface area contributed by atoms with Crippen molar-refractivity contribution < 1.29 is 19.4 Å². The number of carbonyl (C=O) groups excluding carboxylic acids is 1. The van der Waals surface area contributed by atoms with Gasteiger partial charge in [-0.3, -0.25) is 9.59 Å². The average molecular weight is 589 g/mol. The molecule has 1 N–H and O–H groups in total. The highest BCUT2D eigenvalue weighted by atomic mass is 16.5. The molecule has 0 bridgehead atoms. The molecule has 0 aliphatic rings. The van der Waals surface area contributed by atoms with Crippen LogP contribution in [0.2, 0.25) is 0 Å². The number of carbonyl (C=O) groups is 2. The molecule has 0 spiro atoms. The fourth-order valence-electron chi connectivity index (χ4n) is 5.15. The Hall–Kier alpha value is -1.84. The lowest BCUT2D eigenvalue weighted by atomic mass is 10.0. The first-order chi connectivity index (χ1) is 20.6. The Labute approximate surface area is 260 Å². The van der Waals surface area contributed by atoms with Gasteiger partial charge in [0, 0.05) is 12.8 Å². The van der Waals surface area contributed by atoms with E-state index in [1.165, 1.54) is 83.5 Å². The molecule has 0 aromatic heterocycles. The highest BCUT2D eigenvalue weighted by Gasteiger charge is 2.14. The Kier molecular flexibility index (Phi) is 32.2. The summed E-state index contributed by atoms with van der Waals surface area (Å²) in [6, 6.07) is 0. The molecular formula is C38H68O4. The maximum absolute atomic E-state index is 12.6. The molecular weight excluding hydrogens is 520 g/mol. The van der Waals surface area contributed by atoms with Crippen molar-refractivity contribution in [3.63, 3.8) is 0 Å². The van der Waals surface area contributed by atoms with Gasteiger partial charge in [0.25, 0.3) is 0 Å². The van der Waals surface area contributed by atoms with Gasteiger partial charge in [-0.1, -0.05) is 121 Å². The van der Waals surface area contributed by atoms with Gasteiger partial charge in [-0.15, -0.1) is 0 Å². The summed E-state index contributed by atoms with van der Waals surface area (Å²) < 4.78 is 5.95. The van der Waals surface area contributed by atoms with Crippen molar-refractivity contribution in [3.8, 4) is 0 Å². The summed E-state index contributed by atoms with van der Waals surface area (Å²) in [7, 11) is 0. The summed E-state index contributed by atoms with van der Waals surface area (Å²) in [5.41, 5.74) is 0. The molecule has 42 heavy (non-hydrogen) atoms. The number of unbranched alkanes of at least 4 members (excludes halogenated alkanes) is 17. The largest absolute Gasteiger partial charge is 0.481 e. The maximum Gasteiger partial charge on any atom is 0.306 e. The van der Waals surface area contributed by atoms with Crippen LogP contribution in [-0.4, -0.2) is 23.1 Å². The molecule has 0 aliphatic heterocycles. The Bertz CT molecular complexity index is 679. The molecule has 244 valence electrons. The Morgan fingerprint density at radius 2 is 0.952 bits per heavy atom. The smallest absolute Gasteiger partial charge is 0.306 e. The highest BCUT2D eigenvalue weighted by Crippen LogP contribution is 2.17. The SMILES string of the molecule is CCCCC/C=C\C/C=C\CCCC(CCCCCCCC(=O)O)OC(=O)CCCCCCC/C=C\CCCCCC. The van der Waals surface area contributed by atoms with Crippen LogP contribution in [0.4, 0.5) is 0 Å². The van der Waals surface area contributed by atoms with Crippen LogP contribution in [0.15, 0.2) is 36.5 Å². The highest BCUT2D eigenvalue weighted by molar-refractivity contribution is 5.69. The predicted molar refractivity (Wildman–Crippen MR) is 181 cm³/mol. The molecule has 0 heterocycles. The van der Waals surface area contributed by atoms with Gasteiger partial charge in [0.05, 0.1) is 0 Å². The van der Waals surface area contributed by atoms with Gasteiger partial charge in [0.2, 0.25) is 0 Å². The van der Waals surface area contributed by atoms with Crippen LogP contribution in [0.25, 0.3) is 0 Å². The fraction of sp³-hybridized carbons (Fsp3) is 0.789. The van der Waals surface area contributed by atoms with Gasteiger partial charge in [0.15, 0.2) is 0 Å². The molecule has 0 fully saturated rings. The molecule has 4 nitrogen and oxygen atoms in total.